The number of nitrogens with two attached hydrogens (primary N) is 1. The Morgan fingerprint density at radius 1 is 1.09 bits per heavy atom. The maximum atomic E-state index is 11.1. The van der Waals surface area contributed by atoms with Crippen LogP contribution in [0.4, 0.5) is 5.82 Å². The van der Waals surface area contributed by atoms with E-state index in [0.717, 1.165) is 0 Å². The highest BCUT2D eigenvalue weighted by atomic mass is 28.4. The number of rotatable bonds is 10. The lowest BCUT2D eigenvalue weighted by molar-refractivity contribution is -0.0454. The van der Waals surface area contributed by atoms with E-state index in [1.54, 1.807) is 6.33 Å². The standard InChI is InChI=1S/C23H43N5O4Si2/c1-13(2)33(14(3)4)32-34(15(5)6,16(7)8)30-10-18-20(29)17(9)23(31-18)28-12-27-19-21(24)25-11-26-22(19)28/h11-18,20,23,29,33H,10H2,1-9H3,(H2,24,25,26)/t17-,18-,20?,23-/m1/s1. The average Bonchev–Trinajstić information content (AvgIpc) is 3.30. The summed E-state index contributed by atoms with van der Waals surface area (Å²) in [5.41, 5.74) is 8.68. The quantitative estimate of drug-likeness (QED) is 0.459. The minimum Gasteiger partial charge on any atom is -0.437 e. The van der Waals surface area contributed by atoms with E-state index < -0.39 is 36.0 Å². The van der Waals surface area contributed by atoms with Crippen LogP contribution in [0.1, 0.15) is 68.5 Å². The zero-order valence-corrected chi connectivity index (χ0v) is 24.3. The number of nitrogens with zero attached hydrogens (tertiary/aromatic N) is 4. The van der Waals surface area contributed by atoms with Crippen LogP contribution >= 0.6 is 0 Å². The first kappa shape index (κ1) is 27.2. The van der Waals surface area contributed by atoms with Crippen LogP contribution in [0.3, 0.4) is 0 Å². The van der Waals surface area contributed by atoms with E-state index >= 15 is 0 Å². The van der Waals surface area contributed by atoms with Crippen LogP contribution in [0.25, 0.3) is 11.2 Å². The molecule has 1 aliphatic rings. The maximum Gasteiger partial charge on any atom is 0.333 e. The summed E-state index contributed by atoms with van der Waals surface area (Å²) in [6.07, 6.45) is 1.49. The van der Waals surface area contributed by atoms with Crippen molar-refractivity contribution in [2.45, 2.75) is 103 Å². The molecule has 0 spiro atoms. The molecule has 1 saturated heterocycles. The van der Waals surface area contributed by atoms with Crippen molar-refractivity contribution >= 4 is 34.6 Å². The lowest BCUT2D eigenvalue weighted by atomic mass is 10.0. The van der Waals surface area contributed by atoms with Gasteiger partial charge in [-0.25, -0.2) is 15.0 Å². The first-order valence-electron chi connectivity index (χ1n) is 12.5. The number of fused-ring (bicyclic) bond motifs is 1. The lowest BCUT2D eigenvalue weighted by Gasteiger charge is -2.43. The van der Waals surface area contributed by atoms with E-state index in [-0.39, 0.29) is 17.0 Å². The summed E-state index contributed by atoms with van der Waals surface area (Å²) in [5, 5.41) is 11.1. The highest BCUT2D eigenvalue weighted by Crippen LogP contribution is 2.41. The molecule has 0 aliphatic carbocycles. The lowest BCUT2D eigenvalue weighted by Crippen LogP contribution is -2.54. The fourth-order valence-corrected chi connectivity index (χ4v) is 15.5. The second-order valence-corrected chi connectivity index (χ2v) is 19.5. The van der Waals surface area contributed by atoms with Gasteiger partial charge in [0.15, 0.2) is 20.5 Å². The molecule has 0 aromatic carbocycles. The van der Waals surface area contributed by atoms with Crippen molar-refractivity contribution < 1.29 is 18.4 Å². The number of hydrogen-bond acceptors (Lipinski definition) is 8. The highest BCUT2D eigenvalue weighted by molar-refractivity contribution is 6.78. The molecular formula is C23H43N5O4Si2. The number of aliphatic hydroxyl groups excluding tert-OH is 1. The van der Waals surface area contributed by atoms with E-state index in [0.29, 0.717) is 34.7 Å². The van der Waals surface area contributed by atoms with Crippen LogP contribution in [0.2, 0.25) is 22.2 Å². The average molecular weight is 510 g/mol. The van der Waals surface area contributed by atoms with Crippen molar-refractivity contribution in [2.24, 2.45) is 5.92 Å². The Hall–Kier alpha value is -1.38. The smallest absolute Gasteiger partial charge is 0.333 e. The second kappa shape index (κ2) is 10.7. The van der Waals surface area contributed by atoms with Crippen LogP contribution in [0.5, 0.6) is 0 Å². The minimum absolute atomic E-state index is 0.175. The summed E-state index contributed by atoms with van der Waals surface area (Å²) in [6.45, 7) is 20.1. The Balaban J connectivity index is 1.82. The molecule has 192 valence electrons. The number of hydrogen-bond donors (Lipinski definition) is 2. The number of imidazole rings is 1. The van der Waals surface area contributed by atoms with Gasteiger partial charge in [-0.05, 0) is 22.2 Å². The molecule has 3 N–H and O–H groups in total. The monoisotopic (exact) mass is 509 g/mol. The van der Waals surface area contributed by atoms with Gasteiger partial charge >= 0.3 is 8.56 Å². The molecule has 34 heavy (non-hydrogen) atoms. The van der Waals surface area contributed by atoms with Crippen LogP contribution in [-0.4, -0.2) is 61.0 Å². The van der Waals surface area contributed by atoms with E-state index in [2.05, 4.69) is 70.3 Å². The Labute approximate surface area is 206 Å². The van der Waals surface area contributed by atoms with Crippen molar-refractivity contribution in [3.63, 3.8) is 0 Å². The molecule has 2 aromatic rings. The predicted molar refractivity (Wildman–Crippen MR) is 139 cm³/mol. The van der Waals surface area contributed by atoms with Gasteiger partial charge < -0.3 is 24.1 Å². The summed E-state index contributed by atoms with van der Waals surface area (Å²) < 4.78 is 22.0. The molecule has 9 nitrogen and oxygen atoms in total. The molecule has 3 rings (SSSR count). The number of nitrogen functional groups attached to an aromatic ring is 1. The molecule has 1 aliphatic heterocycles. The third kappa shape index (κ3) is 5.10. The molecule has 4 atom stereocenters. The summed E-state index contributed by atoms with van der Waals surface area (Å²) in [5.74, 6) is 0.149. The number of ether oxygens (including phenoxy) is 1. The van der Waals surface area contributed by atoms with Gasteiger partial charge in [0.1, 0.15) is 24.2 Å². The zero-order valence-electron chi connectivity index (χ0n) is 22.1. The molecule has 0 radical (unpaired) electrons. The van der Waals surface area contributed by atoms with Gasteiger partial charge in [0.05, 0.1) is 19.0 Å². The van der Waals surface area contributed by atoms with Crippen molar-refractivity contribution in [2.75, 3.05) is 12.3 Å². The van der Waals surface area contributed by atoms with E-state index in [1.165, 1.54) is 6.33 Å². The van der Waals surface area contributed by atoms with Crippen LogP contribution in [0.15, 0.2) is 12.7 Å². The first-order chi connectivity index (χ1) is 15.9. The van der Waals surface area contributed by atoms with E-state index in [9.17, 15) is 5.11 Å². The Morgan fingerprint density at radius 3 is 2.26 bits per heavy atom. The number of aliphatic hydroxyl groups is 1. The Kier molecular flexibility index (Phi) is 8.57. The van der Waals surface area contributed by atoms with Crippen molar-refractivity contribution in [3.8, 4) is 0 Å². The topological polar surface area (TPSA) is 118 Å². The zero-order chi connectivity index (χ0) is 25.4. The van der Waals surface area contributed by atoms with Crippen molar-refractivity contribution in [1.29, 1.82) is 0 Å². The molecule has 11 heteroatoms. The highest BCUT2D eigenvalue weighted by Gasteiger charge is 2.50. The van der Waals surface area contributed by atoms with E-state index in [1.807, 2.05) is 11.5 Å². The van der Waals surface area contributed by atoms with Gasteiger partial charge in [-0.3, -0.25) is 4.57 Å². The molecule has 3 heterocycles. The van der Waals surface area contributed by atoms with Gasteiger partial charge in [-0.2, -0.15) is 0 Å². The van der Waals surface area contributed by atoms with Gasteiger partial charge in [-0.1, -0.05) is 62.3 Å². The molecule has 0 saturated carbocycles. The number of aromatic nitrogens is 4. The fourth-order valence-electron chi connectivity index (χ4n) is 5.18. The maximum absolute atomic E-state index is 11.1. The van der Waals surface area contributed by atoms with Gasteiger partial charge in [-0.15, -0.1) is 0 Å². The van der Waals surface area contributed by atoms with Crippen LogP contribution in [0, 0.1) is 5.92 Å². The third-order valence-corrected chi connectivity index (χ3v) is 16.1. The summed E-state index contributed by atoms with van der Waals surface area (Å²) in [7, 11) is -4.09. The van der Waals surface area contributed by atoms with Gasteiger partial charge in [0.2, 0.25) is 0 Å². The van der Waals surface area contributed by atoms with Gasteiger partial charge in [0.25, 0.3) is 0 Å². The molecule has 0 bridgehead atoms. The largest absolute Gasteiger partial charge is 0.437 e. The molecular weight excluding hydrogens is 466 g/mol. The fraction of sp³-hybridized carbons (Fsp3) is 0.783. The summed E-state index contributed by atoms with van der Waals surface area (Å²) >= 11 is 0. The summed E-state index contributed by atoms with van der Waals surface area (Å²) in [4.78, 5) is 12.7. The number of anilines is 1. The minimum atomic E-state index is -2.58. The van der Waals surface area contributed by atoms with Crippen molar-refractivity contribution in [1.82, 2.24) is 19.5 Å². The predicted octanol–water partition coefficient (Wildman–Crippen LogP) is 4.14. The molecule has 0 amide bonds. The first-order valence-corrected chi connectivity index (χ1v) is 16.3. The molecule has 2 aromatic heterocycles. The van der Waals surface area contributed by atoms with Crippen LogP contribution < -0.4 is 5.73 Å². The van der Waals surface area contributed by atoms with Gasteiger partial charge in [0, 0.05) is 5.92 Å². The summed E-state index contributed by atoms with van der Waals surface area (Å²) in [6, 6.07) is 0. The second-order valence-electron chi connectivity index (χ2n) is 10.9. The molecule has 1 unspecified atom stereocenters. The Bertz CT molecular complexity index is 939. The Morgan fingerprint density at radius 2 is 1.71 bits per heavy atom. The SMILES string of the molecule is CC(C)[SiH](O[Si](OC[C@H]1O[C@@H](n2cnc3c(N)ncnc32)[C@H](C)C1O)(C(C)C)C(C)C)C(C)C. The third-order valence-electron chi connectivity index (χ3n) is 7.06. The molecule has 1 fully saturated rings. The van der Waals surface area contributed by atoms with Crippen molar-refractivity contribution in [3.05, 3.63) is 12.7 Å². The van der Waals surface area contributed by atoms with Crippen LogP contribution in [-0.2, 0) is 13.3 Å². The van der Waals surface area contributed by atoms with E-state index in [4.69, 9.17) is 19.0 Å². The normalized spacial score (nSPS) is 24.1.